The number of ether oxygens (including phenoxy) is 2. The first-order valence-electron chi connectivity index (χ1n) is 11.4. The van der Waals surface area contributed by atoms with Crippen LogP contribution < -0.4 is 15.4 Å². The van der Waals surface area contributed by atoms with Gasteiger partial charge in [-0.2, -0.15) is 0 Å². The molecule has 0 unspecified atom stereocenters. The Morgan fingerprint density at radius 1 is 1.03 bits per heavy atom. The lowest BCUT2D eigenvalue weighted by atomic mass is 10.1. The number of methoxy groups -OCH3 is 1. The molecule has 8 heteroatoms. The van der Waals surface area contributed by atoms with E-state index in [0.717, 1.165) is 28.7 Å². The van der Waals surface area contributed by atoms with E-state index in [4.69, 9.17) is 19.4 Å². The van der Waals surface area contributed by atoms with Crippen molar-refractivity contribution < 1.29 is 14.3 Å². The van der Waals surface area contributed by atoms with Crippen LogP contribution in [0.3, 0.4) is 0 Å². The van der Waals surface area contributed by atoms with Crippen molar-refractivity contribution in [3.05, 3.63) is 77.9 Å². The number of carbonyl (C=O) groups is 1. The third-order valence-electron chi connectivity index (χ3n) is 5.62. The lowest BCUT2D eigenvalue weighted by Crippen LogP contribution is -2.31. The largest absolute Gasteiger partial charge is 0.483 e. The lowest BCUT2D eigenvalue weighted by Gasteiger charge is -2.14. The molecule has 35 heavy (non-hydrogen) atoms. The minimum absolute atomic E-state index is 0.115. The number of hydrogen-bond acceptors (Lipinski definition) is 7. The van der Waals surface area contributed by atoms with Gasteiger partial charge in [0.1, 0.15) is 11.6 Å². The standard InChI is InChI=1S/C27H25N5O3/c1-34-13-12-29-25(33)17-35-24-9-5-3-7-22(24)27-31-23-8-4-2-6-21(23)26(32-27)30-20-11-10-18-15-28-16-19(18)14-20/h2-11,14,16H,12-13,15,17H2,1H3,(H,29,33)(H,30,31,32). The molecule has 2 heterocycles. The van der Waals surface area contributed by atoms with Gasteiger partial charge in [-0.05, 0) is 47.5 Å². The molecule has 0 saturated carbocycles. The summed E-state index contributed by atoms with van der Waals surface area (Å²) >= 11 is 0. The summed E-state index contributed by atoms with van der Waals surface area (Å²) < 4.78 is 10.8. The molecule has 1 amide bonds. The molecular formula is C27H25N5O3. The van der Waals surface area contributed by atoms with Gasteiger partial charge >= 0.3 is 0 Å². The molecule has 1 aliphatic heterocycles. The van der Waals surface area contributed by atoms with E-state index in [0.29, 0.717) is 36.1 Å². The van der Waals surface area contributed by atoms with E-state index < -0.39 is 0 Å². The molecule has 8 nitrogen and oxygen atoms in total. The van der Waals surface area contributed by atoms with Crippen LogP contribution in [0.25, 0.3) is 22.3 Å². The van der Waals surface area contributed by atoms with Gasteiger partial charge in [0.05, 0.1) is 24.2 Å². The fourth-order valence-electron chi connectivity index (χ4n) is 3.87. The van der Waals surface area contributed by atoms with E-state index in [9.17, 15) is 4.79 Å². The molecule has 1 aliphatic rings. The number of para-hydroxylation sites is 2. The molecule has 0 saturated heterocycles. The Balaban J connectivity index is 1.45. The quantitative estimate of drug-likeness (QED) is 0.360. The molecule has 4 aromatic rings. The van der Waals surface area contributed by atoms with Crippen LogP contribution in [-0.2, 0) is 16.1 Å². The summed E-state index contributed by atoms with van der Waals surface area (Å²) in [6, 6.07) is 21.5. The molecule has 1 aromatic heterocycles. The van der Waals surface area contributed by atoms with Crippen LogP contribution >= 0.6 is 0 Å². The Kier molecular flexibility index (Phi) is 6.63. The van der Waals surface area contributed by atoms with Crippen molar-refractivity contribution in [2.24, 2.45) is 4.99 Å². The summed E-state index contributed by atoms with van der Waals surface area (Å²) in [7, 11) is 1.59. The van der Waals surface area contributed by atoms with Crippen molar-refractivity contribution in [1.29, 1.82) is 0 Å². The number of nitrogens with zero attached hydrogens (tertiary/aromatic N) is 3. The first kappa shape index (κ1) is 22.5. The Hall–Kier alpha value is -4.30. The molecule has 176 valence electrons. The number of amides is 1. The summed E-state index contributed by atoms with van der Waals surface area (Å²) in [6.07, 6.45) is 1.89. The number of nitrogens with one attached hydrogen (secondary N) is 2. The van der Waals surface area contributed by atoms with Gasteiger partial charge in [-0.25, -0.2) is 9.97 Å². The number of benzene rings is 3. The number of rotatable bonds is 9. The van der Waals surface area contributed by atoms with E-state index in [2.05, 4.69) is 27.8 Å². The molecule has 0 atom stereocenters. The summed E-state index contributed by atoms with van der Waals surface area (Å²) in [6.45, 7) is 1.48. The Morgan fingerprint density at radius 3 is 2.80 bits per heavy atom. The third-order valence-corrected chi connectivity index (χ3v) is 5.62. The van der Waals surface area contributed by atoms with Crippen molar-refractivity contribution in [3.8, 4) is 17.1 Å². The van der Waals surface area contributed by atoms with Gasteiger partial charge in [-0.15, -0.1) is 0 Å². The number of hydrogen-bond donors (Lipinski definition) is 2. The van der Waals surface area contributed by atoms with Crippen molar-refractivity contribution >= 4 is 34.5 Å². The molecule has 2 N–H and O–H groups in total. The van der Waals surface area contributed by atoms with Crippen molar-refractivity contribution in [1.82, 2.24) is 15.3 Å². The zero-order chi connectivity index (χ0) is 24.0. The van der Waals surface area contributed by atoms with E-state index in [1.54, 1.807) is 7.11 Å². The minimum atomic E-state index is -0.223. The molecule has 0 bridgehead atoms. The second kappa shape index (κ2) is 10.3. The van der Waals surface area contributed by atoms with Gasteiger partial charge in [-0.1, -0.05) is 30.3 Å². The van der Waals surface area contributed by atoms with E-state index in [1.165, 1.54) is 5.56 Å². The fraction of sp³-hybridized carbons (Fsp3) is 0.185. The number of carbonyl (C=O) groups excluding carboxylic acids is 1. The van der Waals surface area contributed by atoms with Crippen LogP contribution in [-0.4, -0.2) is 49.0 Å². The molecule has 0 radical (unpaired) electrons. The van der Waals surface area contributed by atoms with Crippen LogP contribution in [0, 0.1) is 0 Å². The zero-order valence-corrected chi connectivity index (χ0v) is 19.3. The Morgan fingerprint density at radius 2 is 1.89 bits per heavy atom. The Bertz CT molecular complexity index is 1400. The first-order valence-corrected chi connectivity index (χ1v) is 11.4. The monoisotopic (exact) mass is 467 g/mol. The molecule has 0 fully saturated rings. The molecule has 0 aliphatic carbocycles. The summed E-state index contributed by atoms with van der Waals surface area (Å²) in [4.78, 5) is 26.1. The summed E-state index contributed by atoms with van der Waals surface area (Å²) in [5.41, 5.74) is 4.74. The van der Waals surface area contributed by atoms with Crippen LogP contribution in [0.4, 0.5) is 11.5 Å². The third kappa shape index (κ3) is 5.12. The van der Waals surface area contributed by atoms with Crippen LogP contribution in [0.15, 0.2) is 71.7 Å². The van der Waals surface area contributed by atoms with Gasteiger partial charge in [0, 0.05) is 30.9 Å². The maximum absolute atomic E-state index is 12.1. The van der Waals surface area contributed by atoms with Crippen LogP contribution in [0.2, 0.25) is 0 Å². The maximum atomic E-state index is 12.1. The highest BCUT2D eigenvalue weighted by Crippen LogP contribution is 2.32. The number of aliphatic imine (C=N–C) groups is 1. The normalized spacial score (nSPS) is 11.9. The SMILES string of the molecule is COCCNC(=O)COc1ccccc1-c1nc(Nc2ccc3c(c2)C=NC3)c2ccccc2n1. The smallest absolute Gasteiger partial charge is 0.258 e. The Labute approximate surface area is 203 Å². The second-order valence-corrected chi connectivity index (χ2v) is 8.05. The topological polar surface area (TPSA) is 97.7 Å². The number of anilines is 2. The second-order valence-electron chi connectivity index (χ2n) is 8.05. The highest BCUT2D eigenvalue weighted by Gasteiger charge is 2.15. The predicted molar refractivity (Wildman–Crippen MR) is 136 cm³/mol. The fourth-order valence-corrected chi connectivity index (χ4v) is 3.87. The van der Waals surface area contributed by atoms with Crippen LogP contribution in [0.1, 0.15) is 11.1 Å². The lowest BCUT2D eigenvalue weighted by molar-refractivity contribution is -0.123. The molecule has 5 rings (SSSR count). The maximum Gasteiger partial charge on any atom is 0.258 e. The summed E-state index contributed by atoms with van der Waals surface area (Å²) in [5.74, 6) is 1.50. The zero-order valence-electron chi connectivity index (χ0n) is 19.3. The highest BCUT2D eigenvalue weighted by molar-refractivity contribution is 5.93. The van der Waals surface area contributed by atoms with E-state index in [-0.39, 0.29) is 12.5 Å². The number of fused-ring (bicyclic) bond motifs is 2. The van der Waals surface area contributed by atoms with Gasteiger partial charge in [0.2, 0.25) is 0 Å². The first-order chi connectivity index (χ1) is 17.2. The molecule has 0 spiro atoms. The van der Waals surface area contributed by atoms with Crippen molar-refractivity contribution in [3.63, 3.8) is 0 Å². The van der Waals surface area contributed by atoms with Gasteiger partial charge in [0.25, 0.3) is 5.91 Å². The van der Waals surface area contributed by atoms with Gasteiger partial charge in [-0.3, -0.25) is 9.79 Å². The predicted octanol–water partition coefficient (Wildman–Crippen LogP) is 4.11. The van der Waals surface area contributed by atoms with E-state index >= 15 is 0 Å². The highest BCUT2D eigenvalue weighted by atomic mass is 16.5. The van der Waals surface area contributed by atoms with Crippen molar-refractivity contribution in [2.45, 2.75) is 6.54 Å². The van der Waals surface area contributed by atoms with E-state index in [1.807, 2.05) is 60.8 Å². The van der Waals surface area contributed by atoms with Crippen molar-refractivity contribution in [2.75, 3.05) is 32.2 Å². The summed E-state index contributed by atoms with van der Waals surface area (Å²) in [5, 5.41) is 7.11. The van der Waals surface area contributed by atoms with Gasteiger partial charge < -0.3 is 20.1 Å². The molecule has 3 aromatic carbocycles. The van der Waals surface area contributed by atoms with Gasteiger partial charge in [0.15, 0.2) is 12.4 Å². The minimum Gasteiger partial charge on any atom is -0.483 e. The van der Waals surface area contributed by atoms with Crippen LogP contribution in [0.5, 0.6) is 5.75 Å². The average molecular weight is 468 g/mol. The average Bonchev–Trinajstić information content (AvgIpc) is 3.36. The number of aromatic nitrogens is 2. The molecular weight excluding hydrogens is 442 g/mol.